The van der Waals surface area contributed by atoms with Crippen LogP contribution in [0.1, 0.15) is 56.7 Å². The number of rotatable bonds is 5. The van der Waals surface area contributed by atoms with Crippen LogP contribution in [0.15, 0.2) is 5.16 Å². The van der Waals surface area contributed by atoms with Crippen molar-refractivity contribution >= 4 is 17.7 Å². The smallest absolute Gasteiger partial charge is 0.230 e. The molecule has 1 aromatic heterocycles. The van der Waals surface area contributed by atoms with Crippen molar-refractivity contribution in [3.63, 3.8) is 0 Å². The summed E-state index contributed by atoms with van der Waals surface area (Å²) < 4.78 is 2.07. The Kier molecular flexibility index (Phi) is 4.29. The van der Waals surface area contributed by atoms with Crippen LogP contribution in [0.4, 0.5) is 0 Å². The van der Waals surface area contributed by atoms with E-state index in [2.05, 4.69) is 20.1 Å². The molecule has 3 rings (SSSR count). The first-order chi connectivity index (χ1) is 9.74. The molecular weight excluding hydrogens is 272 g/mol. The maximum atomic E-state index is 11.7. The highest BCUT2D eigenvalue weighted by Crippen LogP contribution is 2.32. The molecule has 2 aliphatic rings. The van der Waals surface area contributed by atoms with Gasteiger partial charge in [0.25, 0.3) is 0 Å². The van der Waals surface area contributed by atoms with Crippen LogP contribution in [-0.4, -0.2) is 32.5 Å². The summed E-state index contributed by atoms with van der Waals surface area (Å²) in [6, 6.07) is 0.431. The number of hydrogen-bond donors (Lipinski definition) is 1. The summed E-state index contributed by atoms with van der Waals surface area (Å²) in [6.07, 6.45) is 8.64. The van der Waals surface area contributed by atoms with Crippen LogP contribution in [0.5, 0.6) is 0 Å². The summed E-state index contributed by atoms with van der Waals surface area (Å²) in [4.78, 5) is 11.7. The second kappa shape index (κ2) is 6.16. The van der Waals surface area contributed by atoms with Gasteiger partial charge >= 0.3 is 0 Å². The number of carbonyl (C=O) groups excluding carboxylic acids is 1. The largest absolute Gasteiger partial charge is 0.353 e. The SMILES string of the molecule is Cn1c(SCC(=O)NC2CC2)nnc1C1CCCCC1. The van der Waals surface area contributed by atoms with E-state index < -0.39 is 0 Å². The van der Waals surface area contributed by atoms with E-state index in [-0.39, 0.29) is 5.91 Å². The fourth-order valence-electron chi connectivity index (χ4n) is 2.80. The van der Waals surface area contributed by atoms with Crippen molar-refractivity contribution in [1.82, 2.24) is 20.1 Å². The van der Waals surface area contributed by atoms with Crippen molar-refractivity contribution in [2.75, 3.05) is 5.75 Å². The molecule has 20 heavy (non-hydrogen) atoms. The standard InChI is InChI=1S/C14H22N4OS/c1-18-13(10-5-3-2-4-6-10)16-17-14(18)20-9-12(19)15-11-7-8-11/h10-11H,2-9H2,1H3,(H,15,19). The van der Waals surface area contributed by atoms with Crippen LogP contribution < -0.4 is 5.32 Å². The average Bonchev–Trinajstić information content (AvgIpc) is 3.19. The van der Waals surface area contributed by atoms with Crippen LogP contribution in [0.25, 0.3) is 0 Å². The number of aromatic nitrogens is 3. The van der Waals surface area contributed by atoms with Gasteiger partial charge < -0.3 is 9.88 Å². The van der Waals surface area contributed by atoms with Crippen LogP contribution in [-0.2, 0) is 11.8 Å². The molecule has 0 spiro atoms. The van der Waals surface area contributed by atoms with Gasteiger partial charge in [0.15, 0.2) is 5.16 Å². The summed E-state index contributed by atoms with van der Waals surface area (Å²) >= 11 is 1.49. The molecule has 1 heterocycles. The summed E-state index contributed by atoms with van der Waals surface area (Å²) in [5.74, 6) is 2.19. The number of nitrogens with one attached hydrogen (secondary N) is 1. The zero-order valence-electron chi connectivity index (χ0n) is 12.0. The number of thioether (sulfide) groups is 1. The Labute approximate surface area is 123 Å². The Morgan fingerprint density at radius 3 is 2.70 bits per heavy atom. The lowest BCUT2D eigenvalue weighted by Gasteiger charge is -2.20. The van der Waals surface area contributed by atoms with Crippen LogP contribution >= 0.6 is 11.8 Å². The molecule has 1 aromatic rings. The minimum absolute atomic E-state index is 0.111. The molecule has 6 heteroatoms. The highest BCUT2D eigenvalue weighted by Gasteiger charge is 2.24. The summed E-state index contributed by atoms with van der Waals surface area (Å²) in [6.45, 7) is 0. The second-order valence-corrected chi connectivity index (χ2v) is 6.81. The molecular formula is C14H22N4OS. The number of carbonyl (C=O) groups is 1. The van der Waals surface area contributed by atoms with E-state index in [1.54, 1.807) is 0 Å². The van der Waals surface area contributed by atoms with Crippen LogP contribution in [0, 0.1) is 0 Å². The van der Waals surface area contributed by atoms with Gasteiger partial charge in [0, 0.05) is 19.0 Å². The molecule has 0 radical (unpaired) electrons. The zero-order chi connectivity index (χ0) is 13.9. The van der Waals surface area contributed by atoms with Crippen LogP contribution in [0.2, 0.25) is 0 Å². The summed E-state index contributed by atoms with van der Waals surface area (Å²) in [5.41, 5.74) is 0. The maximum absolute atomic E-state index is 11.7. The van der Waals surface area contributed by atoms with Gasteiger partial charge in [-0.1, -0.05) is 31.0 Å². The zero-order valence-corrected chi connectivity index (χ0v) is 12.8. The van der Waals surface area contributed by atoms with Gasteiger partial charge in [-0.25, -0.2) is 0 Å². The van der Waals surface area contributed by atoms with Crippen molar-refractivity contribution in [3.8, 4) is 0 Å². The first-order valence-electron chi connectivity index (χ1n) is 7.55. The van der Waals surface area contributed by atoms with Crippen molar-refractivity contribution in [2.45, 2.75) is 62.1 Å². The van der Waals surface area contributed by atoms with Gasteiger partial charge in [-0.2, -0.15) is 0 Å². The van der Waals surface area contributed by atoms with E-state index in [1.165, 1.54) is 43.9 Å². The molecule has 110 valence electrons. The van der Waals surface area contributed by atoms with E-state index in [4.69, 9.17) is 0 Å². The maximum Gasteiger partial charge on any atom is 0.230 e. The molecule has 1 N–H and O–H groups in total. The molecule has 0 aliphatic heterocycles. The Bertz CT molecular complexity index is 478. The molecule has 0 aromatic carbocycles. The predicted molar refractivity (Wildman–Crippen MR) is 78.7 cm³/mol. The molecule has 2 fully saturated rings. The minimum Gasteiger partial charge on any atom is -0.353 e. The molecule has 0 unspecified atom stereocenters. The lowest BCUT2D eigenvalue weighted by Crippen LogP contribution is -2.27. The third-order valence-corrected chi connectivity index (χ3v) is 5.13. The number of amides is 1. The van der Waals surface area contributed by atoms with E-state index in [0.717, 1.165) is 23.8 Å². The Morgan fingerprint density at radius 1 is 1.25 bits per heavy atom. The third-order valence-electron chi connectivity index (χ3n) is 4.11. The first-order valence-corrected chi connectivity index (χ1v) is 8.54. The highest BCUT2D eigenvalue weighted by molar-refractivity contribution is 7.99. The Hall–Kier alpha value is -1.04. The van der Waals surface area contributed by atoms with E-state index in [0.29, 0.717) is 17.7 Å². The average molecular weight is 294 g/mol. The molecule has 1 amide bonds. The second-order valence-electron chi connectivity index (χ2n) is 5.87. The summed E-state index contributed by atoms with van der Waals surface area (Å²) in [5, 5.41) is 12.5. The topological polar surface area (TPSA) is 59.8 Å². The normalized spacial score (nSPS) is 20.1. The lowest BCUT2D eigenvalue weighted by molar-refractivity contribution is -0.118. The molecule has 0 atom stereocenters. The third kappa shape index (κ3) is 3.34. The molecule has 2 saturated carbocycles. The Morgan fingerprint density at radius 2 is 2.00 bits per heavy atom. The minimum atomic E-state index is 0.111. The van der Waals surface area contributed by atoms with Crippen molar-refractivity contribution in [3.05, 3.63) is 5.82 Å². The van der Waals surface area contributed by atoms with E-state index in [9.17, 15) is 4.79 Å². The van der Waals surface area contributed by atoms with Crippen molar-refractivity contribution < 1.29 is 4.79 Å². The first kappa shape index (κ1) is 13.9. The van der Waals surface area contributed by atoms with Gasteiger partial charge in [0.2, 0.25) is 5.91 Å². The number of nitrogens with zero attached hydrogens (tertiary/aromatic N) is 3. The fourth-order valence-corrected chi connectivity index (χ4v) is 3.52. The monoisotopic (exact) mass is 294 g/mol. The lowest BCUT2D eigenvalue weighted by atomic mass is 9.89. The molecule has 0 saturated heterocycles. The van der Waals surface area contributed by atoms with Gasteiger partial charge in [-0.05, 0) is 25.7 Å². The van der Waals surface area contributed by atoms with E-state index in [1.807, 2.05) is 7.05 Å². The highest BCUT2D eigenvalue weighted by atomic mass is 32.2. The predicted octanol–water partition coefficient (Wildman–Crippen LogP) is 2.23. The van der Waals surface area contributed by atoms with Gasteiger partial charge in [-0.3, -0.25) is 4.79 Å². The summed E-state index contributed by atoms with van der Waals surface area (Å²) in [7, 11) is 2.02. The molecule has 0 bridgehead atoms. The molecule has 2 aliphatic carbocycles. The number of hydrogen-bond acceptors (Lipinski definition) is 4. The van der Waals surface area contributed by atoms with Crippen LogP contribution in [0.3, 0.4) is 0 Å². The van der Waals surface area contributed by atoms with Gasteiger partial charge in [0.1, 0.15) is 5.82 Å². The van der Waals surface area contributed by atoms with Gasteiger partial charge in [-0.15, -0.1) is 10.2 Å². The fraction of sp³-hybridized carbons (Fsp3) is 0.786. The van der Waals surface area contributed by atoms with Crippen molar-refractivity contribution in [2.24, 2.45) is 7.05 Å². The van der Waals surface area contributed by atoms with Gasteiger partial charge in [0.05, 0.1) is 5.75 Å². The Balaban J connectivity index is 1.56. The van der Waals surface area contributed by atoms with Crippen molar-refractivity contribution in [1.29, 1.82) is 0 Å². The van der Waals surface area contributed by atoms with E-state index >= 15 is 0 Å². The molecule has 5 nitrogen and oxygen atoms in total. The quantitative estimate of drug-likeness (QED) is 0.846.